The lowest BCUT2D eigenvalue weighted by Crippen LogP contribution is -2.15. The standard InChI is InChI=1S/C23H21FN4O2S/c1-14(2)30-19-10-6-17(7-11-19)22(29)26-21-12-15(3)27-28(21)23-25-20(13-31-23)16-4-8-18(24)9-5-16/h4-14H,1-3H3,(H,26,29). The van der Waals surface area contributed by atoms with Gasteiger partial charge in [-0.1, -0.05) is 0 Å². The molecule has 0 aliphatic carbocycles. The number of anilines is 1. The van der Waals surface area contributed by atoms with Gasteiger partial charge in [-0.15, -0.1) is 11.3 Å². The van der Waals surface area contributed by atoms with Crippen molar-refractivity contribution in [1.82, 2.24) is 14.8 Å². The third-order valence-corrected chi connectivity index (χ3v) is 5.19. The summed E-state index contributed by atoms with van der Waals surface area (Å²) in [5.74, 6) is 0.678. The number of carbonyl (C=O) groups excluding carboxylic acids is 1. The Bertz CT molecular complexity index is 1200. The number of rotatable bonds is 6. The lowest BCUT2D eigenvalue weighted by molar-refractivity contribution is 0.102. The number of ether oxygens (including phenoxy) is 1. The average molecular weight is 437 g/mol. The van der Waals surface area contributed by atoms with Crippen molar-refractivity contribution in [2.45, 2.75) is 26.9 Å². The molecule has 1 N–H and O–H groups in total. The Morgan fingerprint density at radius 3 is 2.52 bits per heavy atom. The van der Waals surface area contributed by atoms with E-state index in [9.17, 15) is 9.18 Å². The Morgan fingerprint density at radius 2 is 1.84 bits per heavy atom. The Morgan fingerprint density at radius 1 is 1.13 bits per heavy atom. The molecule has 0 saturated heterocycles. The first kappa shape index (κ1) is 20.7. The van der Waals surface area contributed by atoms with Gasteiger partial charge in [0.2, 0.25) is 5.13 Å². The normalized spacial score (nSPS) is 11.0. The van der Waals surface area contributed by atoms with Gasteiger partial charge in [-0.25, -0.2) is 9.37 Å². The van der Waals surface area contributed by atoms with E-state index in [2.05, 4.69) is 15.4 Å². The van der Waals surface area contributed by atoms with Crippen LogP contribution in [0.2, 0.25) is 0 Å². The third-order valence-electron chi connectivity index (χ3n) is 4.37. The van der Waals surface area contributed by atoms with Gasteiger partial charge in [-0.3, -0.25) is 4.79 Å². The number of hydrogen-bond acceptors (Lipinski definition) is 5. The molecule has 0 fully saturated rings. The van der Waals surface area contributed by atoms with Gasteiger partial charge in [0.25, 0.3) is 5.91 Å². The van der Waals surface area contributed by atoms with Crippen LogP contribution >= 0.6 is 11.3 Å². The van der Waals surface area contributed by atoms with Crippen LogP contribution in [0.1, 0.15) is 29.9 Å². The summed E-state index contributed by atoms with van der Waals surface area (Å²) >= 11 is 1.39. The molecule has 0 radical (unpaired) electrons. The molecule has 0 bridgehead atoms. The fourth-order valence-corrected chi connectivity index (χ4v) is 3.79. The maximum atomic E-state index is 13.2. The number of carbonyl (C=O) groups is 1. The number of halogens is 1. The Labute approximate surface area is 183 Å². The number of nitrogens with one attached hydrogen (secondary N) is 1. The van der Waals surface area contributed by atoms with Crippen LogP contribution < -0.4 is 10.1 Å². The largest absolute Gasteiger partial charge is 0.491 e. The van der Waals surface area contributed by atoms with E-state index in [-0.39, 0.29) is 17.8 Å². The molecule has 31 heavy (non-hydrogen) atoms. The van der Waals surface area contributed by atoms with Crippen LogP contribution in [-0.2, 0) is 0 Å². The number of benzene rings is 2. The van der Waals surface area contributed by atoms with E-state index in [4.69, 9.17) is 4.74 Å². The molecule has 0 saturated carbocycles. The summed E-state index contributed by atoms with van der Waals surface area (Å²) in [6.45, 7) is 5.74. The summed E-state index contributed by atoms with van der Waals surface area (Å²) < 4.78 is 20.4. The summed E-state index contributed by atoms with van der Waals surface area (Å²) in [4.78, 5) is 17.4. The van der Waals surface area contributed by atoms with E-state index in [1.807, 2.05) is 26.2 Å². The maximum absolute atomic E-state index is 13.2. The quantitative estimate of drug-likeness (QED) is 0.434. The molecule has 1 amide bonds. The molecule has 6 nitrogen and oxygen atoms in total. The fourth-order valence-electron chi connectivity index (χ4n) is 2.99. The lowest BCUT2D eigenvalue weighted by Gasteiger charge is -2.10. The molecule has 2 heterocycles. The van der Waals surface area contributed by atoms with Gasteiger partial charge < -0.3 is 10.1 Å². The zero-order valence-electron chi connectivity index (χ0n) is 17.3. The van der Waals surface area contributed by atoms with E-state index in [0.29, 0.717) is 28.0 Å². The zero-order valence-corrected chi connectivity index (χ0v) is 18.1. The molecular formula is C23H21FN4O2S. The Hall–Kier alpha value is -3.52. The topological polar surface area (TPSA) is 69.0 Å². The molecule has 4 aromatic rings. The second-order valence-corrected chi connectivity index (χ2v) is 8.09. The van der Waals surface area contributed by atoms with Crippen LogP contribution in [-0.4, -0.2) is 26.8 Å². The van der Waals surface area contributed by atoms with Crippen LogP contribution in [0, 0.1) is 12.7 Å². The van der Waals surface area contributed by atoms with Crippen molar-refractivity contribution in [2.24, 2.45) is 0 Å². The van der Waals surface area contributed by atoms with Gasteiger partial charge in [0.1, 0.15) is 17.4 Å². The highest BCUT2D eigenvalue weighted by Crippen LogP contribution is 2.27. The molecule has 2 aromatic heterocycles. The van der Waals surface area contributed by atoms with E-state index in [1.165, 1.54) is 23.5 Å². The summed E-state index contributed by atoms with van der Waals surface area (Å²) in [5.41, 5.74) is 2.77. The van der Waals surface area contributed by atoms with Crippen molar-refractivity contribution in [2.75, 3.05) is 5.32 Å². The van der Waals surface area contributed by atoms with E-state index in [0.717, 1.165) is 11.3 Å². The van der Waals surface area contributed by atoms with Crippen molar-refractivity contribution in [3.05, 3.63) is 77.1 Å². The molecule has 0 aliphatic heterocycles. The predicted octanol–water partition coefficient (Wildman–Crippen LogP) is 5.48. The molecular weight excluding hydrogens is 415 g/mol. The number of amides is 1. The minimum atomic E-state index is -0.296. The van der Waals surface area contributed by atoms with E-state index < -0.39 is 0 Å². The zero-order chi connectivity index (χ0) is 22.0. The second kappa shape index (κ2) is 8.69. The molecule has 8 heteroatoms. The summed E-state index contributed by atoms with van der Waals surface area (Å²) in [5, 5.41) is 9.84. The fraction of sp³-hybridized carbons (Fsp3) is 0.174. The van der Waals surface area contributed by atoms with Crippen molar-refractivity contribution < 1.29 is 13.9 Å². The van der Waals surface area contributed by atoms with Gasteiger partial charge in [-0.2, -0.15) is 9.78 Å². The monoisotopic (exact) mass is 436 g/mol. The van der Waals surface area contributed by atoms with Crippen LogP contribution in [0.25, 0.3) is 16.4 Å². The number of aromatic nitrogens is 3. The lowest BCUT2D eigenvalue weighted by atomic mass is 10.2. The smallest absolute Gasteiger partial charge is 0.256 e. The molecule has 2 aromatic carbocycles. The predicted molar refractivity (Wildman–Crippen MR) is 120 cm³/mol. The number of aryl methyl sites for hydroxylation is 1. The number of thiazole rings is 1. The molecule has 0 unspecified atom stereocenters. The first-order valence-electron chi connectivity index (χ1n) is 9.75. The van der Waals surface area contributed by atoms with Gasteiger partial charge >= 0.3 is 0 Å². The number of nitrogens with zero attached hydrogens (tertiary/aromatic N) is 3. The summed E-state index contributed by atoms with van der Waals surface area (Å²) in [6.07, 6.45) is 0.0649. The Kier molecular flexibility index (Phi) is 5.81. The van der Waals surface area contributed by atoms with Crippen LogP contribution in [0.4, 0.5) is 10.2 Å². The second-order valence-electron chi connectivity index (χ2n) is 7.25. The number of hydrogen-bond donors (Lipinski definition) is 1. The van der Waals surface area contributed by atoms with Crippen LogP contribution in [0.5, 0.6) is 5.75 Å². The highest BCUT2D eigenvalue weighted by Gasteiger charge is 2.15. The summed E-state index contributed by atoms with van der Waals surface area (Å²) in [7, 11) is 0. The highest BCUT2D eigenvalue weighted by molar-refractivity contribution is 7.12. The van der Waals surface area contributed by atoms with Gasteiger partial charge in [0, 0.05) is 22.6 Å². The highest BCUT2D eigenvalue weighted by atomic mass is 32.1. The van der Waals surface area contributed by atoms with E-state index in [1.54, 1.807) is 47.1 Å². The third kappa shape index (κ3) is 4.80. The average Bonchev–Trinajstić information content (AvgIpc) is 3.35. The van der Waals surface area contributed by atoms with Crippen LogP contribution in [0.3, 0.4) is 0 Å². The van der Waals surface area contributed by atoms with Crippen molar-refractivity contribution >= 4 is 23.1 Å². The van der Waals surface area contributed by atoms with Gasteiger partial charge in [-0.05, 0) is 69.3 Å². The maximum Gasteiger partial charge on any atom is 0.256 e. The van der Waals surface area contributed by atoms with Gasteiger partial charge in [0.15, 0.2) is 0 Å². The summed E-state index contributed by atoms with van der Waals surface area (Å²) in [6, 6.07) is 14.9. The molecule has 4 rings (SSSR count). The van der Waals surface area contributed by atoms with E-state index >= 15 is 0 Å². The van der Waals surface area contributed by atoms with Gasteiger partial charge in [0.05, 0.1) is 17.5 Å². The molecule has 158 valence electrons. The van der Waals surface area contributed by atoms with Crippen molar-refractivity contribution in [3.63, 3.8) is 0 Å². The van der Waals surface area contributed by atoms with Crippen LogP contribution in [0.15, 0.2) is 60.0 Å². The first-order chi connectivity index (χ1) is 14.9. The minimum absolute atomic E-state index is 0.0649. The van der Waals surface area contributed by atoms with Crippen molar-refractivity contribution in [1.29, 1.82) is 0 Å². The first-order valence-corrected chi connectivity index (χ1v) is 10.6. The SMILES string of the molecule is Cc1cc(NC(=O)c2ccc(OC(C)C)cc2)n(-c2nc(-c3ccc(F)cc3)cs2)n1. The van der Waals surface area contributed by atoms with Crippen molar-refractivity contribution in [3.8, 4) is 22.1 Å². The molecule has 0 aliphatic rings. The minimum Gasteiger partial charge on any atom is -0.491 e. The molecule has 0 spiro atoms. The molecule has 0 atom stereocenters. The Balaban J connectivity index is 1.55.